The van der Waals surface area contributed by atoms with Gasteiger partial charge in [0, 0.05) is 19.3 Å². The number of pyridine rings is 1. The van der Waals surface area contributed by atoms with E-state index in [4.69, 9.17) is 9.47 Å². The first-order chi connectivity index (χ1) is 13.6. The third-order valence-corrected chi connectivity index (χ3v) is 5.11. The van der Waals surface area contributed by atoms with Gasteiger partial charge in [0.2, 0.25) is 5.91 Å². The molecular formula is C20H29N3O5. The number of amides is 2. The smallest absolute Gasteiger partial charge is 0.272 e. The van der Waals surface area contributed by atoms with Gasteiger partial charge in [0.1, 0.15) is 11.8 Å². The molecule has 3 heterocycles. The predicted molar refractivity (Wildman–Crippen MR) is 102 cm³/mol. The van der Waals surface area contributed by atoms with Gasteiger partial charge in [-0.25, -0.2) is 0 Å². The highest BCUT2D eigenvalue weighted by Crippen LogP contribution is 2.28. The van der Waals surface area contributed by atoms with Crippen molar-refractivity contribution < 1.29 is 24.2 Å². The molecule has 0 aromatic carbocycles. The maximum atomic E-state index is 13.0. The molecule has 2 aliphatic heterocycles. The summed E-state index contributed by atoms with van der Waals surface area (Å²) >= 11 is 0. The Morgan fingerprint density at radius 3 is 2.93 bits per heavy atom. The minimum Gasteiger partial charge on any atom is -0.389 e. The number of hydrogen-bond donors (Lipinski definition) is 2. The van der Waals surface area contributed by atoms with E-state index < -0.39 is 6.10 Å². The second kappa shape index (κ2) is 9.95. The fraction of sp³-hybridized carbons (Fsp3) is 0.650. The lowest BCUT2D eigenvalue weighted by Gasteiger charge is -2.44. The van der Waals surface area contributed by atoms with Crippen molar-refractivity contribution in [3.63, 3.8) is 0 Å². The zero-order valence-corrected chi connectivity index (χ0v) is 16.3. The van der Waals surface area contributed by atoms with Crippen molar-refractivity contribution in [2.24, 2.45) is 0 Å². The summed E-state index contributed by atoms with van der Waals surface area (Å²) in [4.78, 5) is 30.9. The first-order valence-electron chi connectivity index (χ1n) is 9.98. The van der Waals surface area contributed by atoms with Crippen LogP contribution in [0.5, 0.6) is 0 Å². The molecule has 2 amide bonds. The molecule has 4 atom stereocenters. The molecule has 8 heteroatoms. The first kappa shape index (κ1) is 20.7. The minimum atomic E-state index is -0.758. The lowest BCUT2D eigenvalue weighted by molar-refractivity contribution is -0.150. The van der Waals surface area contributed by atoms with Gasteiger partial charge in [-0.05, 0) is 31.4 Å². The topological polar surface area (TPSA) is 101 Å². The molecule has 3 rings (SSSR count). The zero-order chi connectivity index (χ0) is 19.9. The molecule has 2 aliphatic rings. The Morgan fingerprint density at radius 1 is 1.32 bits per heavy atom. The van der Waals surface area contributed by atoms with Crippen LogP contribution in [0, 0.1) is 0 Å². The molecule has 154 valence electrons. The number of aliphatic hydroxyl groups is 1. The Bertz CT molecular complexity index is 657. The van der Waals surface area contributed by atoms with Gasteiger partial charge < -0.3 is 24.8 Å². The number of aliphatic hydroxyl groups excluding tert-OH is 1. The van der Waals surface area contributed by atoms with Crippen LogP contribution >= 0.6 is 0 Å². The van der Waals surface area contributed by atoms with Crippen LogP contribution in [0.25, 0.3) is 0 Å². The van der Waals surface area contributed by atoms with Crippen LogP contribution in [0.1, 0.15) is 43.1 Å². The van der Waals surface area contributed by atoms with Crippen molar-refractivity contribution in [1.82, 2.24) is 15.2 Å². The van der Waals surface area contributed by atoms with Crippen LogP contribution in [0.15, 0.2) is 24.4 Å². The van der Waals surface area contributed by atoms with Crippen molar-refractivity contribution in [3.05, 3.63) is 30.1 Å². The molecule has 0 unspecified atom stereocenters. The van der Waals surface area contributed by atoms with Crippen molar-refractivity contribution in [2.45, 2.75) is 57.0 Å². The van der Waals surface area contributed by atoms with Crippen LogP contribution in [-0.2, 0) is 14.3 Å². The van der Waals surface area contributed by atoms with E-state index in [1.165, 1.54) is 0 Å². The highest BCUT2D eigenvalue weighted by molar-refractivity contribution is 5.92. The van der Waals surface area contributed by atoms with Gasteiger partial charge in [-0.15, -0.1) is 0 Å². The second-order valence-corrected chi connectivity index (χ2v) is 7.36. The molecule has 2 fully saturated rings. The largest absolute Gasteiger partial charge is 0.389 e. The van der Waals surface area contributed by atoms with Gasteiger partial charge >= 0.3 is 0 Å². The Morgan fingerprint density at radius 2 is 2.18 bits per heavy atom. The summed E-state index contributed by atoms with van der Waals surface area (Å²) in [6.07, 6.45) is 2.84. The van der Waals surface area contributed by atoms with Gasteiger partial charge in [-0.1, -0.05) is 13.0 Å². The molecule has 1 aromatic heterocycles. The molecule has 0 aliphatic carbocycles. The molecule has 8 nitrogen and oxygen atoms in total. The van der Waals surface area contributed by atoms with Crippen LogP contribution in [-0.4, -0.2) is 77.5 Å². The Labute approximate surface area is 165 Å². The summed E-state index contributed by atoms with van der Waals surface area (Å²) in [6, 6.07) is 4.97. The van der Waals surface area contributed by atoms with Crippen molar-refractivity contribution in [1.29, 1.82) is 0 Å². The molecule has 28 heavy (non-hydrogen) atoms. The molecule has 0 bridgehead atoms. The third-order valence-electron chi connectivity index (χ3n) is 5.11. The lowest BCUT2D eigenvalue weighted by atomic mass is 9.94. The van der Waals surface area contributed by atoms with Crippen LogP contribution in [0.4, 0.5) is 0 Å². The molecule has 1 aromatic rings. The predicted octanol–water partition coefficient (Wildman–Crippen LogP) is 0.747. The average Bonchev–Trinajstić information content (AvgIpc) is 2.70. The summed E-state index contributed by atoms with van der Waals surface area (Å²) in [6.45, 7) is 3.25. The Balaban J connectivity index is 1.70. The number of ether oxygens (including phenoxy) is 2. The zero-order valence-electron chi connectivity index (χ0n) is 16.3. The number of aromatic nitrogens is 1. The maximum absolute atomic E-state index is 13.0. The normalized spacial score (nSPS) is 28.0. The van der Waals surface area contributed by atoms with Gasteiger partial charge in [0.15, 0.2) is 0 Å². The molecular weight excluding hydrogens is 362 g/mol. The fourth-order valence-electron chi connectivity index (χ4n) is 3.75. The van der Waals surface area contributed by atoms with Gasteiger partial charge in [0.05, 0.1) is 37.9 Å². The van der Waals surface area contributed by atoms with Gasteiger partial charge in [0.25, 0.3) is 5.91 Å². The van der Waals surface area contributed by atoms with Gasteiger partial charge in [-0.3, -0.25) is 14.6 Å². The highest BCUT2D eigenvalue weighted by Gasteiger charge is 2.40. The summed E-state index contributed by atoms with van der Waals surface area (Å²) in [7, 11) is 0. The van der Waals surface area contributed by atoms with Crippen molar-refractivity contribution >= 4 is 11.8 Å². The lowest BCUT2D eigenvalue weighted by Crippen LogP contribution is -2.57. The highest BCUT2D eigenvalue weighted by atomic mass is 16.5. The summed E-state index contributed by atoms with van der Waals surface area (Å²) < 4.78 is 11.7. The fourth-order valence-corrected chi connectivity index (χ4v) is 3.75. The number of carbonyl (C=O) groups excluding carboxylic acids is 2. The van der Waals surface area contributed by atoms with Crippen LogP contribution in [0.3, 0.4) is 0 Å². The van der Waals surface area contributed by atoms with E-state index in [1.807, 2.05) is 6.92 Å². The number of β-amino-alcohol motifs (C(OH)–C–C–N with tert-alkyl or cyclic N) is 1. The monoisotopic (exact) mass is 391 g/mol. The summed E-state index contributed by atoms with van der Waals surface area (Å²) in [5.74, 6) is -0.242. The minimum absolute atomic E-state index is 0.0195. The van der Waals surface area contributed by atoms with E-state index in [-0.39, 0.29) is 49.8 Å². The number of rotatable bonds is 5. The SMILES string of the molecule is CCCNC(=O)C[C@H]1CC[C@H]2[C@@H](COC[C@H](O)CN2C(=O)c2ccccn2)O1. The summed E-state index contributed by atoms with van der Waals surface area (Å²) in [5, 5.41) is 13.1. The molecule has 0 radical (unpaired) electrons. The molecule has 2 saturated heterocycles. The quantitative estimate of drug-likeness (QED) is 0.768. The van der Waals surface area contributed by atoms with E-state index in [9.17, 15) is 14.7 Å². The standard InChI is InChI=1S/C20H29N3O5/c1-2-8-22-19(25)10-15-6-7-17-18(28-15)13-27-12-14(24)11-23(17)20(26)16-5-3-4-9-21-16/h3-5,9,14-15,17-18,24H,2,6-8,10-13H2,1H3,(H,22,25)/t14-,15-,17+,18-/m1/s1. The van der Waals surface area contributed by atoms with Crippen LogP contribution in [0.2, 0.25) is 0 Å². The first-order valence-corrected chi connectivity index (χ1v) is 9.98. The molecule has 0 spiro atoms. The third kappa shape index (κ3) is 5.27. The number of nitrogens with one attached hydrogen (secondary N) is 1. The Hall–Kier alpha value is -2.03. The molecule has 2 N–H and O–H groups in total. The number of fused-ring (bicyclic) bond motifs is 1. The summed E-state index contributed by atoms with van der Waals surface area (Å²) in [5.41, 5.74) is 0.344. The van der Waals surface area contributed by atoms with Crippen LogP contribution < -0.4 is 5.32 Å². The van der Waals surface area contributed by atoms with E-state index in [2.05, 4.69) is 10.3 Å². The Kier molecular flexibility index (Phi) is 7.36. The number of hydrogen-bond acceptors (Lipinski definition) is 6. The number of nitrogens with zero attached hydrogens (tertiary/aromatic N) is 2. The molecule has 0 saturated carbocycles. The van der Waals surface area contributed by atoms with Crippen molar-refractivity contribution in [2.75, 3.05) is 26.3 Å². The van der Waals surface area contributed by atoms with E-state index in [1.54, 1.807) is 29.3 Å². The second-order valence-electron chi connectivity index (χ2n) is 7.36. The number of carbonyl (C=O) groups is 2. The van der Waals surface area contributed by atoms with E-state index >= 15 is 0 Å². The van der Waals surface area contributed by atoms with Gasteiger partial charge in [-0.2, -0.15) is 0 Å². The van der Waals surface area contributed by atoms with E-state index in [0.29, 0.717) is 31.5 Å². The average molecular weight is 391 g/mol. The van der Waals surface area contributed by atoms with E-state index in [0.717, 1.165) is 6.42 Å². The maximum Gasteiger partial charge on any atom is 0.272 e. The van der Waals surface area contributed by atoms with Crippen molar-refractivity contribution in [3.8, 4) is 0 Å².